The molecule has 0 spiro atoms. The number of carbonyl (C=O) groups is 1. The number of rotatable bonds is 5. The topological polar surface area (TPSA) is 52.6 Å². The Hall–Kier alpha value is -2.73. The fourth-order valence-corrected chi connectivity index (χ4v) is 3.09. The van der Waals surface area contributed by atoms with Crippen LogP contribution in [0.1, 0.15) is 21.6 Å². The quantitative estimate of drug-likeness (QED) is 0.814. The minimum absolute atomic E-state index is 0.0253. The molecule has 27 heavy (non-hydrogen) atoms. The lowest BCUT2D eigenvalue weighted by molar-refractivity contribution is 0.0648. The summed E-state index contributed by atoms with van der Waals surface area (Å²) in [7, 11) is 3.78. The van der Waals surface area contributed by atoms with Gasteiger partial charge < -0.3 is 9.80 Å². The molecular weight excluding hydrogens is 338 g/mol. The second-order valence-electron chi connectivity index (χ2n) is 6.97. The number of carbonyl (C=O) groups excluding carboxylic acids is 1. The molecule has 0 unspecified atom stereocenters. The van der Waals surface area contributed by atoms with Gasteiger partial charge in [-0.1, -0.05) is 42.5 Å². The maximum Gasteiger partial charge on any atom is 0.257 e. The molecule has 1 amide bonds. The van der Waals surface area contributed by atoms with Gasteiger partial charge in [0.1, 0.15) is 0 Å². The molecule has 0 N–H and O–H groups in total. The van der Waals surface area contributed by atoms with Gasteiger partial charge in [-0.25, -0.2) is 9.97 Å². The lowest BCUT2D eigenvalue weighted by Crippen LogP contribution is -2.48. The smallest absolute Gasteiger partial charge is 0.257 e. The molecule has 6 heteroatoms. The zero-order valence-corrected chi connectivity index (χ0v) is 16.3. The molecule has 1 fully saturated rings. The SMILES string of the molecule is Cc1nc(N(C)C)ncc1C(=O)N1CCN(C/C=C/c2ccccc2)CC1. The van der Waals surface area contributed by atoms with Crippen LogP contribution in [-0.4, -0.2) is 72.5 Å². The predicted molar refractivity (Wildman–Crippen MR) is 109 cm³/mol. The summed E-state index contributed by atoms with van der Waals surface area (Å²) < 4.78 is 0. The molecule has 142 valence electrons. The predicted octanol–water partition coefficient (Wildman–Crippen LogP) is 2.32. The molecule has 0 saturated carbocycles. The van der Waals surface area contributed by atoms with E-state index in [-0.39, 0.29) is 5.91 Å². The molecule has 3 rings (SSSR count). The highest BCUT2D eigenvalue weighted by Crippen LogP contribution is 2.13. The molecule has 6 nitrogen and oxygen atoms in total. The number of amides is 1. The molecular formula is C21H27N5O. The second kappa shape index (κ2) is 8.77. The van der Waals surface area contributed by atoms with Crippen molar-refractivity contribution in [2.24, 2.45) is 0 Å². The van der Waals surface area contributed by atoms with Gasteiger partial charge in [-0.2, -0.15) is 0 Å². The fraction of sp³-hybridized carbons (Fsp3) is 0.381. The van der Waals surface area contributed by atoms with Crippen LogP contribution in [0.2, 0.25) is 0 Å². The zero-order chi connectivity index (χ0) is 19.2. The van der Waals surface area contributed by atoms with Gasteiger partial charge in [-0.15, -0.1) is 0 Å². The fourth-order valence-electron chi connectivity index (χ4n) is 3.09. The Morgan fingerprint density at radius 1 is 1.15 bits per heavy atom. The van der Waals surface area contributed by atoms with Crippen LogP contribution in [0, 0.1) is 6.92 Å². The summed E-state index contributed by atoms with van der Waals surface area (Å²) in [5.74, 6) is 0.649. The molecule has 1 saturated heterocycles. The summed E-state index contributed by atoms with van der Waals surface area (Å²) in [6, 6.07) is 10.3. The van der Waals surface area contributed by atoms with Gasteiger partial charge in [0.15, 0.2) is 0 Å². The molecule has 0 radical (unpaired) electrons. The van der Waals surface area contributed by atoms with Crippen LogP contribution in [0.3, 0.4) is 0 Å². The van der Waals surface area contributed by atoms with Crippen molar-refractivity contribution in [2.75, 3.05) is 51.7 Å². The van der Waals surface area contributed by atoms with Gasteiger partial charge in [0.05, 0.1) is 11.3 Å². The molecule has 0 atom stereocenters. The third-order valence-corrected chi connectivity index (χ3v) is 4.73. The summed E-state index contributed by atoms with van der Waals surface area (Å²) in [5, 5.41) is 0. The highest BCUT2D eigenvalue weighted by Gasteiger charge is 2.23. The molecule has 0 aliphatic carbocycles. The van der Waals surface area contributed by atoms with Crippen molar-refractivity contribution >= 4 is 17.9 Å². The van der Waals surface area contributed by atoms with E-state index in [9.17, 15) is 4.79 Å². The first-order valence-electron chi connectivity index (χ1n) is 9.29. The Bertz CT molecular complexity index is 795. The normalized spacial score (nSPS) is 15.3. The van der Waals surface area contributed by atoms with Gasteiger partial charge in [0, 0.05) is 53.0 Å². The number of hydrogen-bond donors (Lipinski definition) is 0. The highest BCUT2D eigenvalue weighted by molar-refractivity contribution is 5.95. The lowest BCUT2D eigenvalue weighted by atomic mass is 10.2. The van der Waals surface area contributed by atoms with E-state index < -0.39 is 0 Å². The number of nitrogens with zero attached hydrogens (tertiary/aromatic N) is 5. The maximum atomic E-state index is 12.8. The van der Waals surface area contributed by atoms with Gasteiger partial charge in [0.25, 0.3) is 5.91 Å². The average molecular weight is 365 g/mol. The Morgan fingerprint density at radius 2 is 1.85 bits per heavy atom. The summed E-state index contributed by atoms with van der Waals surface area (Å²) in [4.78, 5) is 27.6. The number of hydrogen-bond acceptors (Lipinski definition) is 5. The number of aromatic nitrogens is 2. The van der Waals surface area contributed by atoms with Crippen LogP contribution in [-0.2, 0) is 0 Å². The molecule has 1 aromatic heterocycles. The van der Waals surface area contributed by atoms with E-state index >= 15 is 0 Å². The molecule has 1 aromatic carbocycles. The first kappa shape index (κ1) is 19.0. The van der Waals surface area contributed by atoms with E-state index in [0.717, 1.165) is 38.4 Å². The third-order valence-electron chi connectivity index (χ3n) is 4.73. The van der Waals surface area contributed by atoms with Crippen LogP contribution < -0.4 is 4.90 Å². The highest BCUT2D eigenvalue weighted by atomic mass is 16.2. The van der Waals surface area contributed by atoms with Crippen LogP contribution in [0.4, 0.5) is 5.95 Å². The van der Waals surface area contributed by atoms with E-state index in [1.165, 1.54) is 5.56 Å². The molecule has 1 aliphatic heterocycles. The van der Waals surface area contributed by atoms with Crippen molar-refractivity contribution in [3.05, 3.63) is 59.4 Å². The third kappa shape index (κ3) is 4.92. The number of aryl methyl sites for hydroxylation is 1. The van der Waals surface area contributed by atoms with Crippen molar-refractivity contribution < 1.29 is 4.79 Å². The summed E-state index contributed by atoms with van der Waals surface area (Å²) in [6.07, 6.45) is 5.98. The maximum absolute atomic E-state index is 12.8. The summed E-state index contributed by atoms with van der Waals surface area (Å²) in [5.41, 5.74) is 2.54. The summed E-state index contributed by atoms with van der Waals surface area (Å²) >= 11 is 0. The second-order valence-corrected chi connectivity index (χ2v) is 6.97. The van der Waals surface area contributed by atoms with Crippen LogP contribution in [0.15, 0.2) is 42.6 Å². The largest absolute Gasteiger partial charge is 0.347 e. The Labute approximate surface area is 161 Å². The molecule has 2 heterocycles. The minimum atomic E-state index is 0.0253. The van der Waals surface area contributed by atoms with Crippen LogP contribution >= 0.6 is 0 Å². The Balaban J connectivity index is 1.53. The Morgan fingerprint density at radius 3 is 2.48 bits per heavy atom. The van der Waals surface area contributed by atoms with Crippen LogP contribution in [0.25, 0.3) is 6.08 Å². The minimum Gasteiger partial charge on any atom is -0.347 e. The Kier molecular flexibility index (Phi) is 6.19. The van der Waals surface area contributed by atoms with E-state index in [2.05, 4.69) is 39.2 Å². The number of piperazine rings is 1. The van der Waals surface area contributed by atoms with Crippen molar-refractivity contribution in [1.29, 1.82) is 0 Å². The number of anilines is 1. The van der Waals surface area contributed by atoms with Crippen LogP contribution in [0.5, 0.6) is 0 Å². The standard InChI is InChI=1S/C21H27N5O/c1-17-19(16-22-21(23-17)24(2)3)20(27)26-14-12-25(13-15-26)11-7-10-18-8-5-4-6-9-18/h4-10,16H,11-15H2,1-3H3/b10-7+. The van der Waals surface area contributed by atoms with E-state index in [1.54, 1.807) is 6.20 Å². The molecule has 0 bridgehead atoms. The zero-order valence-electron chi connectivity index (χ0n) is 16.3. The van der Waals surface area contributed by atoms with E-state index in [1.807, 2.05) is 49.0 Å². The number of benzene rings is 1. The van der Waals surface area contributed by atoms with E-state index in [4.69, 9.17) is 0 Å². The van der Waals surface area contributed by atoms with Crippen molar-refractivity contribution in [3.63, 3.8) is 0 Å². The van der Waals surface area contributed by atoms with Crippen molar-refractivity contribution in [3.8, 4) is 0 Å². The average Bonchev–Trinajstić information content (AvgIpc) is 2.69. The summed E-state index contributed by atoms with van der Waals surface area (Å²) in [6.45, 7) is 5.98. The monoisotopic (exact) mass is 365 g/mol. The van der Waals surface area contributed by atoms with Gasteiger partial charge in [0.2, 0.25) is 5.95 Å². The van der Waals surface area contributed by atoms with Gasteiger partial charge >= 0.3 is 0 Å². The van der Waals surface area contributed by atoms with Gasteiger partial charge in [-0.05, 0) is 12.5 Å². The molecule has 1 aliphatic rings. The van der Waals surface area contributed by atoms with Crippen molar-refractivity contribution in [2.45, 2.75) is 6.92 Å². The van der Waals surface area contributed by atoms with Gasteiger partial charge in [-0.3, -0.25) is 9.69 Å². The molecule has 2 aromatic rings. The first-order chi connectivity index (χ1) is 13.0. The first-order valence-corrected chi connectivity index (χ1v) is 9.29. The lowest BCUT2D eigenvalue weighted by Gasteiger charge is -2.34. The van der Waals surface area contributed by atoms with E-state index in [0.29, 0.717) is 11.5 Å². The van der Waals surface area contributed by atoms with Crippen molar-refractivity contribution in [1.82, 2.24) is 19.8 Å².